The molecule has 1 N–H and O–H groups in total. The predicted octanol–water partition coefficient (Wildman–Crippen LogP) is 3.08. The zero-order chi connectivity index (χ0) is 11.9. The summed E-state index contributed by atoms with van der Waals surface area (Å²) in [5.41, 5.74) is 5.41. The van der Waals surface area contributed by atoms with Gasteiger partial charge in [0.2, 0.25) is 0 Å². The quantitative estimate of drug-likeness (QED) is 0.816. The van der Waals surface area contributed by atoms with Crippen molar-refractivity contribution >= 4 is 10.9 Å². The molecule has 1 unspecified atom stereocenters. The summed E-state index contributed by atoms with van der Waals surface area (Å²) in [6.45, 7) is 6.55. The Labute approximate surface area is 97.3 Å². The zero-order valence-electron chi connectivity index (χ0n) is 10.8. The smallest absolute Gasteiger partial charge is 0.0485 e. The third-order valence-corrected chi connectivity index (χ3v) is 3.51. The molecule has 0 aliphatic carbocycles. The molecular weight excluding hydrogens is 196 g/mol. The molecule has 0 amide bonds. The van der Waals surface area contributed by atoms with Crippen LogP contribution in [0, 0.1) is 13.8 Å². The van der Waals surface area contributed by atoms with E-state index in [9.17, 15) is 0 Å². The molecule has 2 rings (SSSR count). The van der Waals surface area contributed by atoms with Gasteiger partial charge in [-0.1, -0.05) is 12.1 Å². The number of rotatable bonds is 2. The Morgan fingerprint density at radius 2 is 1.94 bits per heavy atom. The third kappa shape index (κ3) is 1.54. The fraction of sp³-hybridized carbons (Fsp3) is 0.429. The Morgan fingerprint density at radius 1 is 1.25 bits per heavy atom. The Bertz CT molecular complexity index is 523. The van der Waals surface area contributed by atoms with E-state index in [2.05, 4.69) is 55.9 Å². The normalized spacial score (nSPS) is 13.3. The molecule has 0 aliphatic heterocycles. The Balaban J connectivity index is 2.76. The third-order valence-electron chi connectivity index (χ3n) is 3.51. The van der Waals surface area contributed by atoms with Gasteiger partial charge < -0.3 is 9.88 Å². The van der Waals surface area contributed by atoms with E-state index in [1.54, 1.807) is 0 Å². The van der Waals surface area contributed by atoms with Crippen LogP contribution in [0.15, 0.2) is 18.2 Å². The van der Waals surface area contributed by atoms with E-state index in [0.29, 0.717) is 6.04 Å². The van der Waals surface area contributed by atoms with Gasteiger partial charge in [0, 0.05) is 29.7 Å². The van der Waals surface area contributed by atoms with Gasteiger partial charge in [-0.2, -0.15) is 0 Å². The van der Waals surface area contributed by atoms with Crippen molar-refractivity contribution < 1.29 is 0 Å². The van der Waals surface area contributed by atoms with Gasteiger partial charge in [-0.15, -0.1) is 0 Å². The second-order valence-corrected chi connectivity index (χ2v) is 4.60. The van der Waals surface area contributed by atoms with Crippen LogP contribution >= 0.6 is 0 Å². The summed E-state index contributed by atoms with van der Waals surface area (Å²) in [5.74, 6) is 0. The van der Waals surface area contributed by atoms with Gasteiger partial charge >= 0.3 is 0 Å². The molecule has 0 radical (unpaired) electrons. The monoisotopic (exact) mass is 216 g/mol. The highest BCUT2D eigenvalue weighted by Gasteiger charge is 2.15. The van der Waals surface area contributed by atoms with Crippen LogP contribution in [-0.4, -0.2) is 11.6 Å². The van der Waals surface area contributed by atoms with Crippen molar-refractivity contribution in [2.75, 3.05) is 7.05 Å². The SMILES string of the molecule is CNC(C)c1c(C)c2ccc(C)cc2n1C. The van der Waals surface area contributed by atoms with Crippen LogP contribution in [0.2, 0.25) is 0 Å². The van der Waals surface area contributed by atoms with Gasteiger partial charge in [0.05, 0.1) is 0 Å². The number of aromatic nitrogens is 1. The summed E-state index contributed by atoms with van der Waals surface area (Å²) < 4.78 is 2.30. The highest BCUT2D eigenvalue weighted by molar-refractivity contribution is 5.86. The lowest BCUT2D eigenvalue weighted by Crippen LogP contribution is -2.16. The lowest BCUT2D eigenvalue weighted by molar-refractivity contribution is 0.606. The topological polar surface area (TPSA) is 17.0 Å². The predicted molar refractivity (Wildman–Crippen MR) is 69.9 cm³/mol. The van der Waals surface area contributed by atoms with Crippen molar-refractivity contribution in [1.29, 1.82) is 0 Å². The molecule has 0 spiro atoms. The maximum absolute atomic E-state index is 3.32. The van der Waals surface area contributed by atoms with Crippen molar-refractivity contribution in [2.24, 2.45) is 7.05 Å². The Kier molecular flexibility index (Phi) is 2.76. The second kappa shape index (κ2) is 3.95. The van der Waals surface area contributed by atoms with Crippen LogP contribution in [0.5, 0.6) is 0 Å². The minimum atomic E-state index is 0.387. The van der Waals surface area contributed by atoms with Crippen LogP contribution in [0.4, 0.5) is 0 Å². The molecule has 2 aromatic rings. The zero-order valence-corrected chi connectivity index (χ0v) is 10.8. The maximum Gasteiger partial charge on any atom is 0.0485 e. The molecule has 0 bridgehead atoms. The number of nitrogens with zero attached hydrogens (tertiary/aromatic N) is 1. The molecule has 2 heteroatoms. The van der Waals surface area contributed by atoms with Gasteiger partial charge in [0.25, 0.3) is 0 Å². The summed E-state index contributed by atoms with van der Waals surface area (Å²) in [6, 6.07) is 7.06. The van der Waals surface area contributed by atoms with Crippen molar-refractivity contribution in [1.82, 2.24) is 9.88 Å². The molecule has 86 valence electrons. The second-order valence-electron chi connectivity index (χ2n) is 4.60. The van der Waals surface area contributed by atoms with E-state index < -0.39 is 0 Å². The van der Waals surface area contributed by atoms with Crippen LogP contribution in [0.1, 0.15) is 29.8 Å². The van der Waals surface area contributed by atoms with Crippen LogP contribution in [0.3, 0.4) is 0 Å². The molecule has 1 atom stereocenters. The molecular formula is C14H20N2. The number of fused-ring (bicyclic) bond motifs is 1. The molecule has 0 saturated heterocycles. The minimum Gasteiger partial charge on any atom is -0.346 e. The van der Waals surface area contributed by atoms with Crippen molar-refractivity contribution in [3.8, 4) is 0 Å². The summed E-state index contributed by atoms with van der Waals surface area (Å²) in [4.78, 5) is 0. The number of benzene rings is 1. The van der Waals surface area contributed by atoms with E-state index in [0.717, 1.165) is 0 Å². The fourth-order valence-electron chi connectivity index (χ4n) is 2.51. The maximum atomic E-state index is 3.32. The largest absolute Gasteiger partial charge is 0.346 e. The summed E-state index contributed by atoms with van der Waals surface area (Å²) in [5, 5.41) is 4.68. The number of nitrogens with one attached hydrogen (secondary N) is 1. The van der Waals surface area contributed by atoms with Crippen LogP contribution < -0.4 is 5.32 Å². The molecule has 0 fully saturated rings. The highest BCUT2D eigenvalue weighted by atomic mass is 15.0. The Hall–Kier alpha value is -1.28. The van der Waals surface area contributed by atoms with E-state index in [1.807, 2.05) is 7.05 Å². The number of hydrogen-bond donors (Lipinski definition) is 1. The standard InChI is InChI=1S/C14H20N2/c1-9-6-7-12-10(2)14(11(3)15-4)16(5)13(12)8-9/h6-8,11,15H,1-5H3. The van der Waals surface area contributed by atoms with Crippen LogP contribution in [-0.2, 0) is 7.05 Å². The van der Waals surface area contributed by atoms with Crippen LogP contribution in [0.25, 0.3) is 10.9 Å². The molecule has 0 saturated carbocycles. The van der Waals surface area contributed by atoms with E-state index in [1.165, 1.54) is 27.7 Å². The average Bonchev–Trinajstić information content (AvgIpc) is 2.51. The lowest BCUT2D eigenvalue weighted by atomic mass is 10.1. The van der Waals surface area contributed by atoms with Crippen molar-refractivity contribution in [3.05, 3.63) is 35.0 Å². The minimum absolute atomic E-state index is 0.387. The van der Waals surface area contributed by atoms with Gasteiger partial charge in [-0.3, -0.25) is 0 Å². The molecule has 1 aromatic carbocycles. The molecule has 1 heterocycles. The Morgan fingerprint density at radius 3 is 2.56 bits per heavy atom. The van der Waals surface area contributed by atoms with Crippen molar-refractivity contribution in [3.63, 3.8) is 0 Å². The molecule has 1 aromatic heterocycles. The summed E-state index contributed by atoms with van der Waals surface area (Å²) >= 11 is 0. The average molecular weight is 216 g/mol. The number of hydrogen-bond acceptors (Lipinski definition) is 1. The van der Waals surface area contributed by atoms with E-state index >= 15 is 0 Å². The first-order chi connectivity index (χ1) is 7.56. The first-order valence-corrected chi connectivity index (χ1v) is 5.79. The highest BCUT2D eigenvalue weighted by Crippen LogP contribution is 2.29. The van der Waals surface area contributed by atoms with Gasteiger partial charge in [0.15, 0.2) is 0 Å². The van der Waals surface area contributed by atoms with Gasteiger partial charge in [0.1, 0.15) is 0 Å². The summed E-state index contributed by atoms with van der Waals surface area (Å²) in [7, 11) is 4.16. The summed E-state index contributed by atoms with van der Waals surface area (Å²) in [6.07, 6.45) is 0. The molecule has 2 nitrogen and oxygen atoms in total. The molecule has 0 aliphatic rings. The first kappa shape index (κ1) is 11.2. The molecule has 16 heavy (non-hydrogen) atoms. The van der Waals surface area contributed by atoms with Gasteiger partial charge in [-0.25, -0.2) is 0 Å². The number of aryl methyl sites for hydroxylation is 3. The lowest BCUT2D eigenvalue weighted by Gasteiger charge is -2.13. The fourth-order valence-corrected chi connectivity index (χ4v) is 2.51. The van der Waals surface area contributed by atoms with E-state index in [4.69, 9.17) is 0 Å². The van der Waals surface area contributed by atoms with Crippen molar-refractivity contribution in [2.45, 2.75) is 26.8 Å². The van der Waals surface area contributed by atoms with E-state index in [-0.39, 0.29) is 0 Å². The first-order valence-electron chi connectivity index (χ1n) is 5.79. The van der Waals surface area contributed by atoms with Gasteiger partial charge in [-0.05, 0) is 45.0 Å².